The van der Waals surface area contributed by atoms with Crippen molar-refractivity contribution < 1.29 is 28.7 Å². The van der Waals surface area contributed by atoms with Crippen molar-refractivity contribution in [2.45, 2.75) is 13.3 Å². The van der Waals surface area contributed by atoms with Crippen LogP contribution >= 0.6 is 23.2 Å². The number of rotatable bonds is 9. The number of carbonyl (C=O) groups excluding carboxylic acids is 4. The molecule has 4 rings (SSSR count). The van der Waals surface area contributed by atoms with E-state index in [0.717, 1.165) is 4.90 Å². The molecule has 0 aliphatic carbocycles. The number of amides is 3. The van der Waals surface area contributed by atoms with Gasteiger partial charge in [-0.1, -0.05) is 48.3 Å². The van der Waals surface area contributed by atoms with E-state index in [4.69, 9.17) is 32.7 Å². The van der Waals surface area contributed by atoms with E-state index in [9.17, 15) is 19.2 Å². The monoisotopic (exact) mass is 567 g/mol. The van der Waals surface area contributed by atoms with Crippen molar-refractivity contribution in [3.63, 3.8) is 0 Å². The molecule has 0 fully saturated rings. The van der Waals surface area contributed by atoms with Gasteiger partial charge in [-0.05, 0) is 55.0 Å². The number of esters is 1. The average Bonchev–Trinajstić information content (AvgIpc) is 3.14. The van der Waals surface area contributed by atoms with Crippen LogP contribution in [0.3, 0.4) is 0 Å². The Balaban J connectivity index is 1.56. The molecule has 1 heterocycles. The molecule has 0 aromatic heterocycles. The summed E-state index contributed by atoms with van der Waals surface area (Å²) < 4.78 is 10.5. The molecule has 0 saturated heterocycles. The zero-order chi connectivity index (χ0) is 28.1. The van der Waals surface area contributed by atoms with E-state index in [-0.39, 0.29) is 34.2 Å². The first-order valence-corrected chi connectivity index (χ1v) is 12.6. The van der Waals surface area contributed by atoms with Gasteiger partial charge in [0, 0.05) is 16.3 Å². The fraction of sp³-hybridized carbons (Fsp3) is 0.143. The Hall–Kier alpha value is -4.34. The third-order valence-corrected chi connectivity index (χ3v) is 6.22. The van der Waals surface area contributed by atoms with Gasteiger partial charge in [0.1, 0.15) is 16.5 Å². The van der Waals surface area contributed by atoms with Crippen molar-refractivity contribution in [1.82, 2.24) is 0 Å². The first kappa shape index (κ1) is 27.7. The maximum absolute atomic E-state index is 13.3. The Morgan fingerprint density at radius 3 is 2.46 bits per heavy atom. The van der Waals surface area contributed by atoms with E-state index >= 15 is 0 Å². The standard InChI is InChI=1S/C28H23Cl2N3O6/c1-3-13-39-28(37)19-9-4-5-10-21(19)33-26(35)23(30)24(27(33)36)31-18-8-6-7-16(14-18)25(34)32-20-15-17(29)11-12-22(20)38-2/h4-12,14-15,31H,3,13H2,1-2H3,(H,32,34). The van der Waals surface area contributed by atoms with Gasteiger partial charge in [-0.3, -0.25) is 14.4 Å². The van der Waals surface area contributed by atoms with Gasteiger partial charge in [0.25, 0.3) is 17.7 Å². The summed E-state index contributed by atoms with van der Waals surface area (Å²) in [6, 6.07) is 17.2. The second kappa shape index (κ2) is 12.0. The number of methoxy groups -OCH3 is 1. The van der Waals surface area contributed by atoms with E-state index in [2.05, 4.69) is 10.6 Å². The van der Waals surface area contributed by atoms with Gasteiger partial charge in [0.05, 0.1) is 30.7 Å². The normalized spacial score (nSPS) is 13.0. The zero-order valence-electron chi connectivity index (χ0n) is 20.9. The number of carbonyl (C=O) groups is 4. The van der Waals surface area contributed by atoms with Crippen LogP contribution < -0.4 is 20.3 Å². The van der Waals surface area contributed by atoms with Crippen LogP contribution in [0.1, 0.15) is 34.1 Å². The summed E-state index contributed by atoms with van der Waals surface area (Å²) >= 11 is 12.3. The molecule has 11 heteroatoms. The van der Waals surface area contributed by atoms with Gasteiger partial charge in [-0.15, -0.1) is 0 Å². The highest BCUT2D eigenvalue weighted by Gasteiger charge is 2.40. The summed E-state index contributed by atoms with van der Waals surface area (Å²) in [4.78, 5) is 52.6. The number of nitrogens with one attached hydrogen (secondary N) is 2. The minimum Gasteiger partial charge on any atom is -0.495 e. The van der Waals surface area contributed by atoms with Crippen molar-refractivity contribution in [3.8, 4) is 5.75 Å². The third-order valence-electron chi connectivity index (χ3n) is 5.63. The van der Waals surface area contributed by atoms with Crippen LogP contribution in [0.15, 0.2) is 77.5 Å². The molecule has 0 bridgehead atoms. The van der Waals surface area contributed by atoms with Crippen LogP contribution in [-0.2, 0) is 14.3 Å². The molecule has 1 aliphatic heterocycles. The second-order valence-corrected chi connectivity index (χ2v) is 9.11. The van der Waals surface area contributed by atoms with Gasteiger partial charge in [-0.2, -0.15) is 0 Å². The highest BCUT2D eigenvalue weighted by molar-refractivity contribution is 6.53. The number of hydrogen-bond acceptors (Lipinski definition) is 7. The summed E-state index contributed by atoms with van der Waals surface area (Å²) in [5.74, 6) is -2.27. The Kier molecular flexibility index (Phi) is 8.53. The van der Waals surface area contributed by atoms with Crippen LogP contribution in [0.2, 0.25) is 5.02 Å². The molecule has 9 nitrogen and oxygen atoms in total. The molecule has 0 spiro atoms. The first-order valence-electron chi connectivity index (χ1n) is 11.8. The third kappa shape index (κ3) is 5.89. The lowest BCUT2D eigenvalue weighted by Crippen LogP contribution is -2.33. The zero-order valence-corrected chi connectivity index (χ0v) is 22.4. The molecule has 200 valence electrons. The molecule has 0 saturated carbocycles. The fourth-order valence-electron chi connectivity index (χ4n) is 3.80. The average molecular weight is 568 g/mol. The molecule has 0 atom stereocenters. The molecule has 3 amide bonds. The molecule has 1 aliphatic rings. The summed E-state index contributed by atoms with van der Waals surface area (Å²) in [7, 11) is 1.47. The number of para-hydroxylation sites is 1. The minimum absolute atomic E-state index is 0.0483. The maximum atomic E-state index is 13.3. The number of nitrogens with zero attached hydrogens (tertiary/aromatic N) is 1. The molecule has 0 unspecified atom stereocenters. The topological polar surface area (TPSA) is 114 Å². The molecule has 3 aromatic rings. The predicted octanol–water partition coefficient (Wildman–Crippen LogP) is 5.60. The molecular formula is C28H23Cl2N3O6. The minimum atomic E-state index is -0.804. The quantitative estimate of drug-likeness (QED) is 0.255. The molecule has 39 heavy (non-hydrogen) atoms. The maximum Gasteiger partial charge on any atom is 0.340 e. The predicted molar refractivity (Wildman–Crippen MR) is 148 cm³/mol. The Labute approximate surface area is 234 Å². The number of imide groups is 1. The summed E-state index contributed by atoms with van der Waals surface area (Å²) in [5, 5.41) is 5.62. The highest BCUT2D eigenvalue weighted by atomic mass is 35.5. The lowest BCUT2D eigenvalue weighted by Gasteiger charge is -2.18. The van der Waals surface area contributed by atoms with Crippen LogP contribution in [0.4, 0.5) is 17.1 Å². The number of ether oxygens (including phenoxy) is 2. The van der Waals surface area contributed by atoms with Gasteiger partial charge >= 0.3 is 5.97 Å². The fourth-order valence-corrected chi connectivity index (χ4v) is 4.18. The number of benzene rings is 3. The Morgan fingerprint density at radius 2 is 1.72 bits per heavy atom. The number of halogens is 2. The Bertz CT molecular complexity index is 1500. The van der Waals surface area contributed by atoms with Gasteiger partial charge < -0.3 is 20.1 Å². The van der Waals surface area contributed by atoms with E-state index in [0.29, 0.717) is 28.6 Å². The molecule has 3 aromatic carbocycles. The van der Waals surface area contributed by atoms with E-state index in [1.165, 1.54) is 25.3 Å². The van der Waals surface area contributed by atoms with Crippen LogP contribution in [-0.4, -0.2) is 37.4 Å². The van der Waals surface area contributed by atoms with E-state index < -0.39 is 23.7 Å². The van der Waals surface area contributed by atoms with E-state index in [1.807, 2.05) is 6.92 Å². The largest absolute Gasteiger partial charge is 0.495 e. The van der Waals surface area contributed by atoms with Gasteiger partial charge in [-0.25, -0.2) is 9.69 Å². The van der Waals surface area contributed by atoms with Gasteiger partial charge in [0.15, 0.2) is 0 Å². The number of hydrogen-bond donors (Lipinski definition) is 2. The van der Waals surface area contributed by atoms with Crippen molar-refractivity contribution in [2.24, 2.45) is 0 Å². The SMILES string of the molecule is CCCOC(=O)c1ccccc1N1C(=O)C(Cl)=C(Nc2cccc(C(=O)Nc3cc(Cl)ccc3OC)c2)C1=O. The molecular weight excluding hydrogens is 545 g/mol. The molecule has 2 N–H and O–H groups in total. The van der Waals surface area contributed by atoms with Crippen LogP contribution in [0.25, 0.3) is 0 Å². The summed E-state index contributed by atoms with van der Waals surface area (Å²) in [6.45, 7) is 2.04. The van der Waals surface area contributed by atoms with Crippen molar-refractivity contribution in [2.75, 3.05) is 29.3 Å². The highest BCUT2D eigenvalue weighted by Crippen LogP contribution is 2.33. The Morgan fingerprint density at radius 1 is 0.949 bits per heavy atom. The first-order chi connectivity index (χ1) is 18.7. The summed E-state index contributed by atoms with van der Waals surface area (Å²) in [5.41, 5.74) is 0.847. The lowest BCUT2D eigenvalue weighted by atomic mass is 10.1. The van der Waals surface area contributed by atoms with Crippen molar-refractivity contribution in [1.29, 1.82) is 0 Å². The molecule has 0 radical (unpaired) electrons. The summed E-state index contributed by atoms with van der Waals surface area (Å²) in [6.07, 6.45) is 0.612. The van der Waals surface area contributed by atoms with Crippen molar-refractivity contribution >= 4 is 64.0 Å². The van der Waals surface area contributed by atoms with Gasteiger partial charge in [0.2, 0.25) is 0 Å². The second-order valence-electron chi connectivity index (χ2n) is 8.29. The number of anilines is 3. The van der Waals surface area contributed by atoms with E-state index in [1.54, 1.807) is 48.5 Å². The lowest BCUT2D eigenvalue weighted by molar-refractivity contribution is -0.120. The smallest absolute Gasteiger partial charge is 0.340 e. The van der Waals surface area contributed by atoms with Crippen molar-refractivity contribution in [3.05, 3.63) is 93.6 Å². The van der Waals surface area contributed by atoms with Crippen LogP contribution in [0, 0.1) is 0 Å². The van der Waals surface area contributed by atoms with Crippen LogP contribution in [0.5, 0.6) is 5.75 Å².